The Morgan fingerprint density at radius 2 is 2.06 bits per heavy atom. The molecule has 0 bridgehead atoms. The number of nitrogens with zero attached hydrogens (tertiary/aromatic N) is 1. The van der Waals surface area contributed by atoms with Crippen molar-refractivity contribution in [1.82, 2.24) is 9.97 Å². The van der Waals surface area contributed by atoms with Gasteiger partial charge in [-0.1, -0.05) is 0 Å². The van der Waals surface area contributed by atoms with E-state index in [1.54, 1.807) is 18.2 Å². The Hall–Kier alpha value is -2.50. The summed E-state index contributed by atoms with van der Waals surface area (Å²) in [7, 11) is 1.53. The second-order valence-corrected chi connectivity index (χ2v) is 3.48. The molecule has 6 heteroatoms. The molecule has 0 aliphatic carbocycles. The van der Waals surface area contributed by atoms with E-state index in [4.69, 9.17) is 16.2 Å². The summed E-state index contributed by atoms with van der Waals surface area (Å²) in [5.41, 5.74) is 12.0. The van der Waals surface area contributed by atoms with Crippen molar-refractivity contribution in [2.75, 3.05) is 18.6 Å². The van der Waals surface area contributed by atoms with Crippen LogP contribution in [0.15, 0.2) is 29.1 Å². The molecule has 6 nitrogen and oxygen atoms in total. The number of methoxy groups -OCH3 is 1. The maximum Gasteiger partial charge on any atom is 0.253 e. The molecule has 0 aliphatic heterocycles. The van der Waals surface area contributed by atoms with Crippen molar-refractivity contribution in [2.45, 2.75) is 0 Å². The first-order chi connectivity index (χ1) is 8.10. The van der Waals surface area contributed by atoms with Gasteiger partial charge in [0.1, 0.15) is 17.4 Å². The number of nitrogen functional groups attached to an aromatic ring is 2. The number of H-pyrrole nitrogens is 1. The molecule has 88 valence electrons. The molecule has 1 aromatic heterocycles. The largest absolute Gasteiger partial charge is 0.496 e. The van der Waals surface area contributed by atoms with Gasteiger partial charge < -0.3 is 21.2 Å². The summed E-state index contributed by atoms with van der Waals surface area (Å²) in [4.78, 5) is 17.9. The summed E-state index contributed by atoms with van der Waals surface area (Å²) in [5.74, 6) is 1.04. The number of aromatic nitrogens is 2. The van der Waals surface area contributed by atoms with Gasteiger partial charge in [0, 0.05) is 11.8 Å². The fourth-order valence-electron chi connectivity index (χ4n) is 1.51. The quantitative estimate of drug-likeness (QED) is 0.657. The average Bonchev–Trinajstić information content (AvgIpc) is 2.27. The van der Waals surface area contributed by atoms with Crippen LogP contribution < -0.4 is 21.8 Å². The predicted molar refractivity (Wildman–Crippen MR) is 65.7 cm³/mol. The Bertz CT molecular complexity index is 607. The van der Waals surface area contributed by atoms with Crippen molar-refractivity contribution in [3.8, 4) is 17.1 Å². The van der Waals surface area contributed by atoms with Crippen LogP contribution in [0.3, 0.4) is 0 Å². The second kappa shape index (κ2) is 4.17. The van der Waals surface area contributed by atoms with Crippen LogP contribution in [-0.4, -0.2) is 17.1 Å². The third-order valence-corrected chi connectivity index (χ3v) is 2.24. The van der Waals surface area contributed by atoms with Crippen molar-refractivity contribution < 1.29 is 4.74 Å². The number of anilines is 2. The van der Waals surface area contributed by atoms with Crippen molar-refractivity contribution >= 4 is 11.5 Å². The molecule has 1 heterocycles. The van der Waals surface area contributed by atoms with E-state index in [0.717, 1.165) is 0 Å². The lowest BCUT2D eigenvalue weighted by Gasteiger charge is -2.08. The molecular weight excluding hydrogens is 220 g/mol. The van der Waals surface area contributed by atoms with Crippen LogP contribution in [0.5, 0.6) is 5.75 Å². The number of hydrogen-bond acceptors (Lipinski definition) is 5. The Balaban J connectivity index is 2.66. The van der Waals surface area contributed by atoms with Crippen LogP contribution in [0.4, 0.5) is 11.5 Å². The van der Waals surface area contributed by atoms with E-state index in [9.17, 15) is 4.79 Å². The van der Waals surface area contributed by atoms with E-state index in [1.807, 2.05) is 0 Å². The van der Waals surface area contributed by atoms with Crippen molar-refractivity contribution in [3.05, 3.63) is 34.6 Å². The molecule has 0 unspecified atom stereocenters. The zero-order valence-corrected chi connectivity index (χ0v) is 9.23. The van der Waals surface area contributed by atoms with Gasteiger partial charge in [-0.2, -0.15) is 0 Å². The molecule has 2 rings (SSSR count). The van der Waals surface area contributed by atoms with E-state index in [2.05, 4.69) is 9.97 Å². The smallest absolute Gasteiger partial charge is 0.253 e. The Morgan fingerprint density at radius 1 is 1.29 bits per heavy atom. The van der Waals surface area contributed by atoms with Crippen LogP contribution in [0, 0.1) is 0 Å². The summed E-state index contributed by atoms with van der Waals surface area (Å²) in [6, 6.07) is 6.28. The van der Waals surface area contributed by atoms with Gasteiger partial charge in [-0.25, -0.2) is 4.98 Å². The van der Waals surface area contributed by atoms with Gasteiger partial charge in [0.15, 0.2) is 0 Å². The number of hydrogen-bond donors (Lipinski definition) is 3. The highest BCUT2D eigenvalue weighted by atomic mass is 16.5. The highest BCUT2D eigenvalue weighted by Crippen LogP contribution is 2.28. The summed E-state index contributed by atoms with van der Waals surface area (Å²) < 4.78 is 5.18. The lowest BCUT2D eigenvalue weighted by atomic mass is 10.1. The summed E-state index contributed by atoms with van der Waals surface area (Å²) in [6.07, 6.45) is 0. The number of nitrogens with one attached hydrogen (secondary N) is 1. The van der Waals surface area contributed by atoms with Crippen molar-refractivity contribution in [2.24, 2.45) is 0 Å². The molecule has 0 fully saturated rings. The SMILES string of the molecule is COc1ccc(N)cc1-c1nc(N)cc(=O)[nH]1. The molecule has 0 amide bonds. The van der Waals surface area contributed by atoms with Crippen LogP contribution in [0.2, 0.25) is 0 Å². The predicted octanol–water partition coefficient (Wildman–Crippen LogP) is 0.610. The molecule has 1 aromatic carbocycles. The summed E-state index contributed by atoms with van der Waals surface area (Å²) >= 11 is 0. The van der Waals surface area contributed by atoms with E-state index in [0.29, 0.717) is 22.8 Å². The number of nitrogens with two attached hydrogens (primary N) is 2. The Kier molecular flexibility index (Phi) is 2.70. The molecule has 0 saturated carbocycles. The highest BCUT2D eigenvalue weighted by Gasteiger charge is 2.09. The van der Waals surface area contributed by atoms with E-state index < -0.39 is 0 Å². The lowest BCUT2D eigenvalue weighted by molar-refractivity contribution is 0.416. The molecule has 5 N–H and O–H groups in total. The Morgan fingerprint density at radius 3 is 2.71 bits per heavy atom. The molecule has 0 aliphatic rings. The van der Waals surface area contributed by atoms with Crippen LogP contribution >= 0.6 is 0 Å². The number of rotatable bonds is 2. The fourth-order valence-corrected chi connectivity index (χ4v) is 1.51. The minimum atomic E-state index is -0.322. The van der Waals surface area contributed by atoms with E-state index >= 15 is 0 Å². The number of benzene rings is 1. The van der Waals surface area contributed by atoms with Crippen molar-refractivity contribution in [1.29, 1.82) is 0 Å². The van der Waals surface area contributed by atoms with Gasteiger partial charge >= 0.3 is 0 Å². The first kappa shape index (κ1) is 11.0. The van der Waals surface area contributed by atoms with Crippen molar-refractivity contribution in [3.63, 3.8) is 0 Å². The minimum Gasteiger partial charge on any atom is -0.496 e. The first-order valence-corrected chi connectivity index (χ1v) is 4.91. The molecular formula is C11H12N4O2. The van der Waals surface area contributed by atoms with Crippen LogP contribution in [0.25, 0.3) is 11.4 Å². The van der Waals surface area contributed by atoms with E-state index in [-0.39, 0.29) is 11.4 Å². The third kappa shape index (κ3) is 2.20. The van der Waals surface area contributed by atoms with E-state index in [1.165, 1.54) is 13.2 Å². The molecule has 2 aromatic rings. The van der Waals surface area contributed by atoms with Crippen LogP contribution in [-0.2, 0) is 0 Å². The second-order valence-electron chi connectivity index (χ2n) is 3.48. The monoisotopic (exact) mass is 232 g/mol. The van der Waals surface area contributed by atoms with Gasteiger partial charge in [0.05, 0.1) is 12.7 Å². The normalized spacial score (nSPS) is 10.2. The zero-order chi connectivity index (χ0) is 12.4. The lowest BCUT2D eigenvalue weighted by Crippen LogP contribution is -2.10. The van der Waals surface area contributed by atoms with Gasteiger partial charge in [-0.15, -0.1) is 0 Å². The van der Waals surface area contributed by atoms with Crippen LogP contribution in [0.1, 0.15) is 0 Å². The minimum absolute atomic E-state index is 0.147. The maximum atomic E-state index is 11.3. The number of ether oxygens (including phenoxy) is 1. The highest BCUT2D eigenvalue weighted by molar-refractivity contribution is 5.69. The molecule has 0 radical (unpaired) electrons. The fraction of sp³-hybridized carbons (Fsp3) is 0.0909. The topological polar surface area (TPSA) is 107 Å². The zero-order valence-electron chi connectivity index (χ0n) is 9.23. The number of aromatic amines is 1. The standard InChI is InChI=1S/C11H12N4O2/c1-17-8-3-2-6(12)4-7(8)11-14-9(13)5-10(16)15-11/h2-5H,12H2,1H3,(H3,13,14,15,16). The van der Waals surface area contributed by atoms with Gasteiger partial charge in [-0.05, 0) is 18.2 Å². The molecule has 17 heavy (non-hydrogen) atoms. The summed E-state index contributed by atoms with van der Waals surface area (Å²) in [5, 5.41) is 0. The molecule has 0 saturated heterocycles. The summed E-state index contributed by atoms with van der Waals surface area (Å²) in [6.45, 7) is 0. The first-order valence-electron chi connectivity index (χ1n) is 4.91. The van der Waals surface area contributed by atoms with Gasteiger partial charge in [0.25, 0.3) is 5.56 Å². The van der Waals surface area contributed by atoms with Gasteiger partial charge in [0.2, 0.25) is 0 Å². The maximum absolute atomic E-state index is 11.3. The average molecular weight is 232 g/mol. The Labute approximate surface area is 97.2 Å². The molecule has 0 spiro atoms. The van der Waals surface area contributed by atoms with Gasteiger partial charge in [-0.3, -0.25) is 4.79 Å². The third-order valence-electron chi connectivity index (χ3n) is 2.24. The molecule has 0 atom stereocenters.